The second-order valence-electron chi connectivity index (χ2n) is 3.84. The van der Waals surface area contributed by atoms with E-state index in [0.717, 1.165) is 11.1 Å². The highest BCUT2D eigenvalue weighted by atomic mass is 32.3. The first-order valence-electron chi connectivity index (χ1n) is 5.07. The molecule has 98 valence electrons. The molecule has 0 saturated heterocycles. The smallest absolute Gasteiger partial charge is 0.358 e. The van der Waals surface area contributed by atoms with E-state index in [1.807, 2.05) is 6.92 Å². The van der Waals surface area contributed by atoms with Gasteiger partial charge in [-0.3, -0.25) is 0 Å². The lowest BCUT2D eigenvalue weighted by molar-refractivity contribution is 0.436. The van der Waals surface area contributed by atoms with Gasteiger partial charge in [-0.15, -0.1) is 6.42 Å². The topological polar surface area (TPSA) is 43.4 Å². The zero-order chi connectivity index (χ0) is 14.1. The molecule has 0 fully saturated rings. The van der Waals surface area contributed by atoms with Crippen LogP contribution in [0.3, 0.4) is 0 Å². The normalized spacial score (nSPS) is 11.1. The van der Waals surface area contributed by atoms with Crippen molar-refractivity contribution < 1.29 is 16.5 Å². The van der Waals surface area contributed by atoms with Gasteiger partial charge in [-0.1, -0.05) is 9.81 Å². The molecule has 6 heteroatoms. The van der Waals surface area contributed by atoms with E-state index in [1.54, 1.807) is 13.8 Å². The number of rotatable bonds is 3. The van der Waals surface area contributed by atoms with Crippen molar-refractivity contribution in [2.45, 2.75) is 26.5 Å². The Labute approximate surface area is 112 Å². The first-order chi connectivity index (χ1) is 8.22. The third kappa shape index (κ3) is 2.79. The molecule has 3 nitrogen and oxygen atoms in total. The Balaban J connectivity index is 3.67. The summed E-state index contributed by atoms with van der Waals surface area (Å²) in [6.07, 6.45) is 5.38. The molecule has 1 rings (SSSR count). The van der Waals surface area contributed by atoms with Crippen molar-refractivity contribution in [3.8, 4) is 18.1 Å². The lowest BCUT2D eigenvalue weighted by atomic mass is 9.93. The van der Waals surface area contributed by atoms with E-state index >= 15 is 0 Å². The summed E-state index contributed by atoms with van der Waals surface area (Å²) in [4.78, 5) is 0. The molecule has 0 bridgehead atoms. The van der Waals surface area contributed by atoms with Gasteiger partial charge in [0.15, 0.2) is 5.75 Å². The van der Waals surface area contributed by atoms with Crippen LogP contribution in [0.5, 0.6) is 5.75 Å². The van der Waals surface area contributed by atoms with Crippen LogP contribution >= 0.6 is 12.6 Å². The minimum absolute atomic E-state index is 0.0555. The highest BCUT2D eigenvalue weighted by Gasteiger charge is 2.21. The van der Waals surface area contributed by atoms with Gasteiger partial charge in [0.2, 0.25) is 0 Å². The summed E-state index contributed by atoms with van der Waals surface area (Å²) in [6, 6.07) is 0. The Morgan fingerprint density at radius 2 is 1.83 bits per heavy atom. The van der Waals surface area contributed by atoms with Crippen LogP contribution in [0, 0.1) is 33.1 Å². The van der Waals surface area contributed by atoms with Crippen molar-refractivity contribution in [2.75, 3.05) is 0 Å². The fraction of sp³-hybridized carbons (Fsp3) is 0.333. The maximum Gasteiger partial charge on any atom is 0.488 e. The molecule has 0 unspecified atom stereocenters. The van der Waals surface area contributed by atoms with Gasteiger partial charge < -0.3 is 4.18 Å². The summed E-state index contributed by atoms with van der Waals surface area (Å²) < 4.78 is 38.3. The molecular formula is C12H13FO3S2. The van der Waals surface area contributed by atoms with Crippen molar-refractivity contribution in [1.82, 2.24) is 0 Å². The predicted molar refractivity (Wildman–Crippen MR) is 71.9 cm³/mol. The number of terminal acetylenes is 1. The van der Waals surface area contributed by atoms with E-state index in [2.05, 4.69) is 22.7 Å². The summed E-state index contributed by atoms with van der Waals surface area (Å²) in [5.74, 6) is 2.76. The molecule has 0 aliphatic carbocycles. The summed E-state index contributed by atoms with van der Waals surface area (Å²) in [5.41, 5.74) is 3.03. The molecule has 1 aromatic carbocycles. The van der Waals surface area contributed by atoms with E-state index in [0.29, 0.717) is 22.4 Å². The summed E-state index contributed by atoms with van der Waals surface area (Å²) in [5, 5.41) is 0. The van der Waals surface area contributed by atoms with Crippen LogP contribution in [0.4, 0.5) is 3.89 Å². The SMILES string of the molecule is C#Cc1c(C)c(CS)c(C)c(OS(=O)(=O)F)c1C. The quantitative estimate of drug-likeness (QED) is 0.528. The summed E-state index contributed by atoms with van der Waals surface area (Å²) in [7, 11) is -5.08. The fourth-order valence-corrected chi connectivity index (χ4v) is 2.85. The van der Waals surface area contributed by atoms with Gasteiger partial charge >= 0.3 is 10.5 Å². The van der Waals surface area contributed by atoms with Crippen LogP contribution < -0.4 is 4.18 Å². The van der Waals surface area contributed by atoms with Crippen molar-refractivity contribution in [1.29, 1.82) is 0 Å². The van der Waals surface area contributed by atoms with Gasteiger partial charge in [-0.05, 0) is 37.5 Å². The average Bonchev–Trinajstić information content (AvgIpc) is 2.24. The first-order valence-corrected chi connectivity index (χ1v) is 7.01. The Morgan fingerprint density at radius 1 is 1.28 bits per heavy atom. The highest BCUT2D eigenvalue weighted by molar-refractivity contribution is 7.81. The molecule has 0 radical (unpaired) electrons. The van der Waals surface area contributed by atoms with E-state index < -0.39 is 10.5 Å². The van der Waals surface area contributed by atoms with E-state index in [9.17, 15) is 12.3 Å². The monoisotopic (exact) mass is 288 g/mol. The van der Waals surface area contributed by atoms with Crippen LogP contribution in [0.2, 0.25) is 0 Å². The third-order valence-electron chi connectivity index (χ3n) is 2.82. The van der Waals surface area contributed by atoms with Crippen molar-refractivity contribution in [3.05, 3.63) is 27.8 Å². The molecule has 0 aliphatic heterocycles. The first kappa shape index (κ1) is 14.9. The zero-order valence-electron chi connectivity index (χ0n) is 10.2. The molecule has 18 heavy (non-hydrogen) atoms. The minimum Gasteiger partial charge on any atom is -0.358 e. The third-order valence-corrected chi connectivity index (χ3v) is 3.50. The number of hydrogen-bond donors (Lipinski definition) is 1. The molecule has 0 aliphatic rings. The van der Waals surface area contributed by atoms with Gasteiger partial charge in [0, 0.05) is 16.9 Å². The second-order valence-corrected chi connectivity index (χ2v) is 5.11. The number of thiol groups is 1. The maximum atomic E-state index is 12.7. The molecule has 0 aromatic heterocycles. The number of benzene rings is 1. The Kier molecular flexibility index (Phi) is 4.30. The fourth-order valence-electron chi connectivity index (χ4n) is 1.92. The van der Waals surface area contributed by atoms with Crippen LogP contribution in [0.25, 0.3) is 0 Å². The largest absolute Gasteiger partial charge is 0.488 e. The van der Waals surface area contributed by atoms with Gasteiger partial charge in [0.05, 0.1) is 0 Å². The van der Waals surface area contributed by atoms with Crippen LogP contribution in [-0.4, -0.2) is 8.42 Å². The summed E-state index contributed by atoms with van der Waals surface area (Å²) >= 11 is 4.16. The second kappa shape index (κ2) is 5.21. The number of halogens is 1. The molecule has 0 atom stereocenters. The maximum absolute atomic E-state index is 12.7. The molecular weight excluding hydrogens is 275 g/mol. The Hall–Kier alpha value is -1.19. The van der Waals surface area contributed by atoms with Crippen LogP contribution in [-0.2, 0) is 16.3 Å². The zero-order valence-corrected chi connectivity index (χ0v) is 12.0. The molecule has 0 heterocycles. The summed E-state index contributed by atoms with van der Waals surface area (Å²) in [6.45, 7) is 5.05. The van der Waals surface area contributed by atoms with Crippen molar-refractivity contribution in [3.63, 3.8) is 0 Å². The standard InChI is InChI=1S/C12H13FO3S2/c1-5-10-7(2)11(6-17)9(4)12(8(10)3)16-18(13,14)15/h1,17H,6H2,2-4H3. The van der Waals surface area contributed by atoms with E-state index in [4.69, 9.17) is 6.42 Å². The van der Waals surface area contributed by atoms with Crippen LogP contribution in [0.1, 0.15) is 27.8 Å². The Morgan fingerprint density at radius 3 is 2.22 bits per heavy atom. The molecule has 0 amide bonds. The molecule has 1 aromatic rings. The highest BCUT2D eigenvalue weighted by Crippen LogP contribution is 2.34. The van der Waals surface area contributed by atoms with Crippen molar-refractivity contribution >= 4 is 23.1 Å². The van der Waals surface area contributed by atoms with Gasteiger partial charge in [0.25, 0.3) is 0 Å². The van der Waals surface area contributed by atoms with Gasteiger partial charge in [0.1, 0.15) is 0 Å². The van der Waals surface area contributed by atoms with E-state index in [1.165, 1.54) is 0 Å². The predicted octanol–water partition coefficient (Wildman–Crippen LogP) is 2.62. The van der Waals surface area contributed by atoms with Crippen LogP contribution in [0.15, 0.2) is 0 Å². The molecule has 0 spiro atoms. The average molecular weight is 288 g/mol. The lowest BCUT2D eigenvalue weighted by Crippen LogP contribution is -2.08. The van der Waals surface area contributed by atoms with Gasteiger partial charge in [-0.2, -0.15) is 21.0 Å². The van der Waals surface area contributed by atoms with E-state index in [-0.39, 0.29) is 5.75 Å². The molecule has 0 saturated carbocycles. The Bertz CT molecular complexity index is 628. The lowest BCUT2D eigenvalue weighted by Gasteiger charge is -2.17. The minimum atomic E-state index is -5.08. The molecule has 0 N–H and O–H groups in total. The van der Waals surface area contributed by atoms with Crippen molar-refractivity contribution in [2.24, 2.45) is 0 Å². The van der Waals surface area contributed by atoms with Gasteiger partial charge in [-0.25, -0.2) is 0 Å². The number of hydrogen-bond acceptors (Lipinski definition) is 4.